The van der Waals surface area contributed by atoms with Crippen LogP contribution < -0.4 is 4.90 Å². The van der Waals surface area contributed by atoms with Gasteiger partial charge in [-0.05, 0) is 49.2 Å². The summed E-state index contributed by atoms with van der Waals surface area (Å²) in [5.41, 5.74) is 3.50. The van der Waals surface area contributed by atoms with Crippen molar-refractivity contribution >= 4 is 69.2 Å². The van der Waals surface area contributed by atoms with Crippen molar-refractivity contribution in [2.75, 3.05) is 4.90 Å². The van der Waals surface area contributed by atoms with E-state index in [4.69, 9.17) is 35.4 Å². The minimum Gasteiger partial charge on any atom is -0.268 e. The van der Waals surface area contributed by atoms with Gasteiger partial charge in [-0.1, -0.05) is 65.4 Å². The molecule has 1 fully saturated rings. The van der Waals surface area contributed by atoms with Crippen molar-refractivity contribution in [3.63, 3.8) is 0 Å². The maximum atomic E-state index is 12.9. The van der Waals surface area contributed by atoms with E-state index < -0.39 is 0 Å². The van der Waals surface area contributed by atoms with Gasteiger partial charge >= 0.3 is 0 Å². The second-order valence-electron chi connectivity index (χ2n) is 5.44. The maximum absolute atomic E-state index is 12.9. The number of hydrogen-bond acceptors (Lipinski definition) is 3. The molecule has 1 saturated heterocycles. The topological polar surface area (TPSA) is 20.3 Å². The van der Waals surface area contributed by atoms with Gasteiger partial charge in [-0.15, -0.1) is 0 Å². The molecule has 2 nitrogen and oxygen atoms in total. The molecule has 1 amide bonds. The Morgan fingerprint density at radius 2 is 1.79 bits per heavy atom. The Hall–Kier alpha value is -1.33. The van der Waals surface area contributed by atoms with Crippen LogP contribution >= 0.6 is 47.2 Å². The Kier molecular flexibility index (Phi) is 5.02. The summed E-state index contributed by atoms with van der Waals surface area (Å²) in [5.74, 6) is -0.158. The molecule has 1 aliphatic heterocycles. The number of nitrogens with zero attached hydrogens (tertiary/aromatic N) is 1. The highest BCUT2D eigenvalue weighted by molar-refractivity contribution is 8.27. The third-order valence-corrected chi connectivity index (χ3v) is 5.64. The predicted octanol–water partition coefficient (Wildman–Crippen LogP) is 6.02. The molecule has 0 bridgehead atoms. The molecule has 24 heavy (non-hydrogen) atoms. The van der Waals surface area contributed by atoms with Gasteiger partial charge < -0.3 is 0 Å². The molecule has 3 rings (SSSR count). The number of thioether (sulfide) groups is 1. The lowest BCUT2D eigenvalue weighted by Crippen LogP contribution is -2.28. The van der Waals surface area contributed by atoms with Crippen molar-refractivity contribution in [2.45, 2.75) is 13.8 Å². The second kappa shape index (κ2) is 6.89. The zero-order valence-corrected chi connectivity index (χ0v) is 16.1. The number of rotatable bonds is 2. The highest BCUT2D eigenvalue weighted by Gasteiger charge is 2.34. The molecule has 0 N–H and O–H groups in total. The van der Waals surface area contributed by atoms with E-state index in [0.717, 1.165) is 16.8 Å². The number of amides is 1. The van der Waals surface area contributed by atoms with Crippen LogP contribution in [0.2, 0.25) is 10.0 Å². The molecule has 0 radical (unpaired) electrons. The molecular weight excluding hydrogens is 381 g/mol. The molecule has 122 valence electrons. The van der Waals surface area contributed by atoms with E-state index in [2.05, 4.69) is 0 Å². The standard InChI is InChI=1S/C18H13Cl2NOS2/c1-10-6-7-11(2)15(8-10)21-17(22)16(24-18(21)23)9-12-13(19)4-3-5-14(12)20/h3-9H,1-2H3. The van der Waals surface area contributed by atoms with Crippen LogP contribution in [-0.4, -0.2) is 10.2 Å². The van der Waals surface area contributed by atoms with Crippen LogP contribution in [0.25, 0.3) is 6.08 Å². The number of thiocarbonyl (C=S) groups is 1. The lowest BCUT2D eigenvalue weighted by molar-refractivity contribution is -0.113. The zero-order valence-electron chi connectivity index (χ0n) is 13.0. The fraction of sp³-hybridized carbons (Fsp3) is 0.111. The SMILES string of the molecule is Cc1ccc(C)c(N2C(=O)C(=Cc3c(Cl)cccc3Cl)SC2=S)c1. The van der Waals surface area contributed by atoms with Crippen LogP contribution in [0.15, 0.2) is 41.3 Å². The van der Waals surface area contributed by atoms with E-state index in [-0.39, 0.29) is 5.91 Å². The summed E-state index contributed by atoms with van der Waals surface area (Å²) in [6.45, 7) is 3.95. The Bertz CT molecular complexity index is 872. The summed E-state index contributed by atoms with van der Waals surface area (Å²) in [6.07, 6.45) is 1.70. The van der Waals surface area contributed by atoms with Gasteiger partial charge in [0.1, 0.15) is 0 Å². The first kappa shape index (κ1) is 17.5. The van der Waals surface area contributed by atoms with Gasteiger partial charge in [-0.2, -0.15) is 0 Å². The van der Waals surface area contributed by atoms with Crippen molar-refractivity contribution in [1.29, 1.82) is 0 Å². The average Bonchev–Trinajstić information content (AvgIpc) is 2.80. The average molecular weight is 394 g/mol. The Morgan fingerprint density at radius 3 is 2.46 bits per heavy atom. The number of carbonyl (C=O) groups is 1. The van der Waals surface area contributed by atoms with Crippen LogP contribution in [0.4, 0.5) is 5.69 Å². The van der Waals surface area contributed by atoms with Gasteiger partial charge in [0.05, 0.1) is 10.6 Å². The van der Waals surface area contributed by atoms with Gasteiger partial charge in [0.2, 0.25) is 0 Å². The summed E-state index contributed by atoms with van der Waals surface area (Å²) in [5, 5.41) is 0.999. The Morgan fingerprint density at radius 1 is 1.12 bits per heavy atom. The second-order valence-corrected chi connectivity index (χ2v) is 7.93. The van der Waals surface area contributed by atoms with Gasteiger partial charge in [0.15, 0.2) is 4.32 Å². The van der Waals surface area contributed by atoms with Crippen LogP contribution in [0.3, 0.4) is 0 Å². The lowest BCUT2D eigenvalue weighted by atomic mass is 10.1. The molecule has 0 spiro atoms. The van der Waals surface area contributed by atoms with Gasteiger partial charge in [-0.25, -0.2) is 0 Å². The molecule has 6 heteroatoms. The third-order valence-electron chi connectivity index (χ3n) is 3.67. The van der Waals surface area contributed by atoms with Crippen LogP contribution in [0, 0.1) is 13.8 Å². The quantitative estimate of drug-likeness (QED) is 0.459. The van der Waals surface area contributed by atoms with E-state index in [0.29, 0.717) is 24.8 Å². The molecule has 0 unspecified atom stereocenters. The van der Waals surface area contributed by atoms with Crippen molar-refractivity contribution in [3.05, 3.63) is 68.0 Å². The molecule has 2 aromatic carbocycles. The first-order valence-electron chi connectivity index (χ1n) is 7.17. The summed E-state index contributed by atoms with van der Waals surface area (Å²) in [4.78, 5) is 14.9. The van der Waals surface area contributed by atoms with E-state index in [9.17, 15) is 4.79 Å². The molecule has 2 aromatic rings. The first-order chi connectivity index (χ1) is 11.4. The highest BCUT2D eigenvalue weighted by Crippen LogP contribution is 2.39. The van der Waals surface area contributed by atoms with Gasteiger partial charge in [0.25, 0.3) is 5.91 Å². The summed E-state index contributed by atoms with van der Waals surface area (Å²) in [7, 11) is 0. The van der Waals surface area contributed by atoms with Crippen LogP contribution in [0.5, 0.6) is 0 Å². The largest absolute Gasteiger partial charge is 0.270 e. The zero-order chi connectivity index (χ0) is 17.4. The fourth-order valence-electron chi connectivity index (χ4n) is 2.42. The van der Waals surface area contributed by atoms with Crippen molar-refractivity contribution in [2.24, 2.45) is 0 Å². The van der Waals surface area contributed by atoms with Crippen molar-refractivity contribution in [1.82, 2.24) is 0 Å². The van der Waals surface area contributed by atoms with Gasteiger partial charge in [-0.3, -0.25) is 9.69 Å². The smallest absolute Gasteiger partial charge is 0.268 e. The number of aryl methyl sites for hydroxylation is 2. The third kappa shape index (κ3) is 3.24. The number of hydrogen-bond donors (Lipinski definition) is 0. The van der Waals surface area contributed by atoms with Crippen LogP contribution in [0.1, 0.15) is 16.7 Å². The van der Waals surface area contributed by atoms with Crippen molar-refractivity contribution < 1.29 is 4.79 Å². The predicted molar refractivity (Wildman–Crippen MR) is 108 cm³/mol. The molecular formula is C18H13Cl2NOS2. The molecule has 0 aliphatic carbocycles. The summed E-state index contributed by atoms with van der Waals surface area (Å²) >= 11 is 19.1. The summed E-state index contributed by atoms with van der Waals surface area (Å²) in [6, 6.07) is 11.2. The Balaban J connectivity index is 2.04. The number of halogens is 2. The molecule has 1 aliphatic rings. The van der Waals surface area contributed by atoms with E-state index >= 15 is 0 Å². The number of anilines is 1. The minimum absolute atomic E-state index is 0.158. The highest BCUT2D eigenvalue weighted by atomic mass is 35.5. The molecule has 0 atom stereocenters. The maximum Gasteiger partial charge on any atom is 0.270 e. The molecule has 1 heterocycles. The molecule has 0 aromatic heterocycles. The van der Waals surface area contributed by atoms with Crippen molar-refractivity contribution in [3.8, 4) is 0 Å². The van der Waals surface area contributed by atoms with E-state index in [1.807, 2.05) is 32.0 Å². The number of carbonyl (C=O) groups excluding carboxylic acids is 1. The fourth-order valence-corrected chi connectivity index (χ4v) is 4.19. The first-order valence-corrected chi connectivity index (χ1v) is 9.16. The number of benzene rings is 2. The van der Waals surface area contributed by atoms with Gasteiger partial charge in [0, 0.05) is 15.6 Å². The van der Waals surface area contributed by atoms with Crippen LogP contribution in [-0.2, 0) is 4.79 Å². The summed E-state index contributed by atoms with van der Waals surface area (Å²) < 4.78 is 0.503. The minimum atomic E-state index is -0.158. The molecule has 0 saturated carbocycles. The normalized spacial score (nSPS) is 16.3. The van der Waals surface area contributed by atoms with E-state index in [1.165, 1.54) is 11.8 Å². The van der Waals surface area contributed by atoms with E-state index in [1.54, 1.807) is 29.2 Å². The monoisotopic (exact) mass is 393 g/mol. The Labute approximate surface area is 160 Å². The lowest BCUT2D eigenvalue weighted by Gasteiger charge is -2.17.